The molecule has 0 amide bonds. The summed E-state index contributed by atoms with van der Waals surface area (Å²) in [5.74, 6) is 0. The third kappa shape index (κ3) is 3.68. The quantitative estimate of drug-likeness (QED) is 0.762. The standard InChI is InChI=1S/C13H20N2O3S/c1-9(2)15-19(17,18)13-5-3-10(4-6-13)14-11-7-12(16)8-11/h3-6,9,11-12,14-16H,7-8H2,1-2H3. The Kier molecular flexibility index (Phi) is 4.13. The van der Waals surface area contributed by atoms with Gasteiger partial charge in [0.2, 0.25) is 10.0 Å². The van der Waals surface area contributed by atoms with Crippen molar-refractivity contribution in [3.8, 4) is 0 Å². The van der Waals surface area contributed by atoms with Crippen LogP contribution >= 0.6 is 0 Å². The maximum absolute atomic E-state index is 11.9. The van der Waals surface area contributed by atoms with Gasteiger partial charge in [0.1, 0.15) is 0 Å². The van der Waals surface area contributed by atoms with Gasteiger partial charge >= 0.3 is 0 Å². The first-order valence-electron chi connectivity index (χ1n) is 6.44. The molecule has 0 unspecified atom stereocenters. The molecule has 0 atom stereocenters. The van der Waals surface area contributed by atoms with Gasteiger partial charge < -0.3 is 10.4 Å². The molecular formula is C13H20N2O3S. The Hall–Kier alpha value is -1.11. The molecule has 1 saturated carbocycles. The van der Waals surface area contributed by atoms with E-state index in [1.165, 1.54) is 0 Å². The second kappa shape index (κ2) is 5.48. The molecule has 5 nitrogen and oxygen atoms in total. The van der Waals surface area contributed by atoms with Crippen molar-refractivity contribution in [2.75, 3.05) is 5.32 Å². The van der Waals surface area contributed by atoms with E-state index in [1.54, 1.807) is 38.1 Å². The van der Waals surface area contributed by atoms with Crippen LogP contribution in [-0.2, 0) is 10.0 Å². The normalized spacial score (nSPS) is 23.2. The van der Waals surface area contributed by atoms with E-state index in [2.05, 4.69) is 10.0 Å². The predicted octanol–water partition coefficient (Wildman–Crippen LogP) is 1.31. The largest absolute Gasteiger partial charge is 0.393 e. The molecule has 0 spiro atoms. The summed E-state index contributed by atoms with van der Waals surface area (Å²) >= 11 is 0. The summed E-state index contributed by atoms with van der Waals surface area (Å²) in [6, 6.07) is 6.83. The van der Waals surface area contributed by atoms with Crippen molar-refractivity contribution in [2.24, 2.45) is 0 Å². The zero-order valence-electron chi connectivity index (χ0n) is 11.1. The Morgan fingerprint density at radius 2 is 1.79 bits per heavy atom. The Balaban J connectivity index is 2.02. The maximum Gasteiger partial charge on any atom is 0.240 e. The molecule has 1 aromatic carbocycles. The number of rotatable bonds is 5. The molecule has 2 rings (SSSR count). The molecule has 106 valence electrons. The van der Waals surface area contributed by atoms with E-state index in [9.17, 15) is 13.5 Å². The lowest BCUT2D eigenvalue weighted by Crippen LogP contribution is -2.38. The lowest BCUT2D eigenvalue weighted by molar-refractivity contribution is 0.0836. The van der Waals surface area contributed by atoms with Crippen LogP contribution in [0.3, 0.4) is 0 Å². The number of benzene rings is 1. The SMILES string of the molecule is CC(C)NS(=O)(=O)c1ccc(NC2CC(O)C2)cc1. The van der Waals surface area contributed by atoms with Gasteiger partial charge in [0.15, 0.2) is 0 Å². The number of nitrogens with one attached hydrogen (secondary N) is 2. The molecule has 6 heteroatoms. The smallest absolute Gasteiger partial charge is 0.240 e. The first-order valence-corrected chi connectivity index (χ1v) is 7.92. The van der Waals surface area contributed by atoms with E-state index in [0.717, 1.165) is 18.5 Å². The van der Waals surface area contributed by atoms with Crippen molar-refractivity contribution >= 4 is 15.7 Å². The van der Waals surface area contributed by atoms with Gasteiger partial charge in [-0.05, 0) is 51.0 Å². The molecule has 1 aliphatic carbocycles. The van der Waals surface area contributed by atoms with Crippen LogP contribution in [0, 0.1) is 0 Å². The average Bonchev–Trinajstić information content (AvgIpc) is 2.26. The summed E-state index contributed by atoms with van der Waals surface area (Å²) in [4.78, 5) is 0.264. The molecule has 0 radical (unpaired) electrons. The summed E-state index contributed by atoms with van der Waals surface area (Å²) in [5, 5.41) is 12.5. The number of hydrogen-bond acceptors (Lipinski definition) is 4. The minimum Gasteiger partial charge on any atom is -0.393 e. The third-order valence-electron chi connectivity index (χ3n) is 3.04. The van der Waals surface area contributed by atoms with Crippen LogP contribution < -0.4 is 10.0 Å². The lowest BCUT2D eigenvalue weighted by atomic mass is 9.89. The highest BCUT2D eigenvalue weighted by atomic mass is 32.2. The van der Waals surface area contributed by atoms with Crippen molar-refractivity contribution in [3.63, 3.8) is 0 Å². The molecule has 1 fully saturated rings. The van der Waals surface area contributed by atoms with Crippen LogP contribution in [0.2, 0.25) is 0 Å². The van der Waals surface area contributed by atoms with Crippen molar-refractivity contribution in [2.45, 2.75) is 49.8 Å². The molecule has 1 aliphatic rings. The monoisotopic (exact) mass is 284 g/mol. The summed E-state index contributed by atoms with van der Waals surface area (Å²) < 4.78 is 26.4. The van der Waals surface area contributed by atoms with E-state index in [-0.39, 0.29) is 23.1 Å². The molecule has 19 heavy (non-hydrogen) atoms. The second-order valence-electron chi connectivity index (χ2n) is 5.27. The topological polar surface area (TPSA) is 78.4 Å². The van der Waals surface area contributed by atoms with Gasteiger partial charge in [0, 0.05) is 17.8 Å². The van der Waals surface area contributed by atoms with Gasteiger partial charge in [-0.25, -0.2) is 13.1 Å². The first kappa shape index (κ1) is 14.3. The second-order valence-corrected chi connectivity index (χ2v) is 6.98. The van der Waals surface area contributed by atoms with Gasteiger partial charge in [0.05, 0.1) is 11.0 Å². The average molecular weight is 284 g/mol. The summed E-state index contributed by atoms with van der Waals surface area (Å²) in [7, 11) is -3.42. The van der Waals surface area contributed by atoms with Crippen LogP contribution in [0.25, 0.3) is 0 Å². The highest BCUT2D eigenvalue weighted by Crippen LogP contribution is 2.24. The van der Waals surface area contributed by atoms with E-state index >= 15 is 0 Å². The Bertz CT molecular complexity index is 519. The lowest BCUT2D eigenvalue weighted by Gasteiger charge is -2.32. The van der Waals surface area contributed by atoms with Crippen LogP contribution in [0.15, 0.2) is 29.2 Å². The first-order chi connectivity index (χ1) is 8.87. The number of aliphatic hydroxyl groups excluding tert-OH is 1. The number of sulfonamides is 1. The van der Waals surface area contributed by atoms with Gasteiger partial charge in [-0.2, -0.15) is 0 Å². The van der Waals surface area contributed by atoms with Crippen molar-refractivity contribution in [1.82, 2.24) is 4.72 Å². The fourth-order valence-corrected chi connectivity index (χ4v) is 3.30. The van der Waals surface area contributed by atoms with Gasteiger partial charge in [-0.3, -0.25) is 0 Å². The fraction of sp³-hybridized carbons (Fsp3) is 0.538. The zero-order valence-corrected chi connectivity index (χ0v) is 11.9. The predicted molar refractivity (Wildman–Crippen MR) is 74.6 cm³/mol. The van der Waals surface area contributed by atoms with E-state index in [1.807, 2.05) is 0 Å². The Labute approximate surface area is 114 Å². The Morgan fingerprint density at radius 1 is 1.21 bits per heavy atom. The molecule has 0 bridgehead atoms. The molecule has 0 aliphatic heterocycles. The van der Waals surface area contributed by atoms with Crippen LogP contribution in [0.1, 0.15) is 26.7 Å². The molecule has 1 aromatic rings. The summed E-state index contributed by atoms with van der Waals surface area (Å²) in [6.45, 7) is 3.57. The molecular weight excluding hydrogens is 264 g/mol. The molecule has 0 aromatic heterocycles. The van der Waals surface area contributed by atoms with E-state index < -0.39 is 10.0 Å². The summed E-state index contributed by atoms with van der Waals surface area (Å²) in [5.41, 5.74) is 0.875. The van der Waals surface area contributed by atoms with Gasteiger partial charge in [0.25, 0.3) is 0 Å². The molecule has 3 N–H and O–H groups in total. The van der Waals surface area contributed by atoms with Gasteiger partial charge in [-0.15, -0.1) is 0 Å². The van der Waals surface area contributed by atoms with Crippen molar-refractivity contribution < 1.29 is 13.5 Å². The Morgan fingerprint density at radius 3 is 2.26 bits per heavy atom. The van der Waals surface area contributed by atoms with Crippen LogP contribution in [0.5, 0.6) is 0 Å². The van der Waals surface area contributed by atoms with Gasteiger partial charge in [-0.1, -0.05) is 0 Å². The minimum absolute atomic E-state index is 0.126. The van der Waals surface area contributed by atoms with Crippen molar-refractivity contribution in [1.29, 1.82) is 0 Å². The fourth-order valence-electron chi connectivity index (χ4n) is 2.05. The maximum atomic E-state index is 11.9. The summed E-state index contributed by atoms with van der Waals surface area (Å²) in [6.07, 6.45) is 1.29. The van der Waals surface area contributed by atoms with Crippen molar-refractivity contribution in [3.05, 3.63) is 24.3 Å². The zero-order chi connectivity index (χ0) is 14.0. The molecule has 0 heterocycles. The van der Waals surface area contributed by atoms with Crippen LogP contribution in [-0.4, -0.2) is 31.7 Å². The minimum atomic E-state index is -3.42. The highest BCUT2D eigenvalue weighted by Gasteiger charge is 2.26. The van der Waals surface area contributed by atoms with Crippen LogP contribution in [0.4, 0.5) is 5.69 Å². The van der Waals surface area contributed by atoms with E-state index in [0.29, 0.717) is 0 Å². The molecule has 0 saturated heterocycles. The number of hydrogen-bond donors (Lipinski definition) is 3. The number of anilines is 1. The van der Waals surface area contributed by atoms with E-state index in [4.69, 9.17) is 0 Å². The third-order valence-corrected chi connectivity index (χ3v) is 4.71. The highest BCUT2D eigenvalue weighted by molar-refractivity contribution is 7.89. The number of aliphatic hydroxyl groups is 1.